The number of carbonyl (C=O) groups excluding carboxylic acids is 1. The molecule has 2 aliphatic heterocycles. The van der Waals surface area contributed by atoms with Crippen LogP contribution >= 0.6 is 0 Å². The highest BCUT2D eigenvalue weighted by molar-refractivity contribution is 5.90. The van der Waals surface area contributed by atoms with Crippen molar-refractivity contribution >= 4 is 11.7 Å². The molecule has 1 aromatic rings. The molecule has 2 unspecified atom stereocenters. The van der Waals surface area contributed by atoms with Gasteiger partial charge in [-0.25, -0.2) is 4.79 Å². The van der Waals surface area contributed by atoms with Gasteiger partial charge in [-0.3, -0.25) is 0 Å². The maximum absolute atomic E-state index is 12.7. The first-order chi connectivity index (χ1) is 11.3. The summed E-state index contributed by atoms with van der Waals surface area (Å²) in [4.78, 5) is 14.7. The van der Waals surface area contributed by atoms with Gasteiger partial charge in [-0.15, -0.1) is 0 Å². The van der Waals surface area contributed by atoms with Crippen molar-refractivity contribution in [3.8, 4) is 11.5 Å². The molecule has 2 heterocycles. The van der Waals surface area contributed by atoms with Gasteiger partial charge >= 0.3 is 6.03 Å². The lowest BCUT2D eigenvalue weighted by molar-refractivity contribution is 0.0413. The van der Waals surface area contributed by atoms with Crippen LogP contribution in [-0.2, 0) is 4.74 Å². The molecule has 23 heavy (non-hydrogen) atoms. The molecule has 1 aromatic carbocycles. The average Bonchev–Trinajstić information content (AvgIpc) is 2.94. The van der Waals surface area contributed by atoms with Crippen molar-refractivity contribution < 1.29 is 19.0 Å². The summed E-state index contributed by atoms with van der Waals surface area (Å²) in [7, 11) is 0. The van der Waals surface area contributed by atoms with Gasteiger partial charge in [0.15, 0.2) is 11.5 Å². The highest BCUT2D eigenvalue weighted by Gasteiger charge is 2.37. The summed E-state index contributed by atoms with van der Waals surface area (Å²) in [5.74, 6) is 1.42. The Kier molecular flexibility index (Phi) is 3.99. The molecule has 124 valence electrons. The van der Waals surface area contributed by atoms with E-state index in [4.69, 9.17) is 14.2 Å². The van der Waals surface area contributed by atoms with Crippen LogP contribution in [0.5, 0.6) is 11.5 Å². The first-order valence-corrected chi connectivity index (χ1v) is 8.40. The summed E-state index contributed by atoms with van der Waals surface area (Å²) in [5, 5.41) is 3.00. The molecule has 1 N–H and O–H groups in total. The van der Waals surface area contributed by atoms with Crippen molar-refractivity contribution in [1.82, 2.24) is 4.90 Å². The van der Waals surface area contributed by atoms with E-state index in [1.165, 1.54) is 0 Å². The van der Waals surface area contributed by atoms with E-state index in [-0.39, 0.29) is 18.2 Å². The first kappa shape index (κ1) is 14.6. The van der Waals surface area contributed by atoms with Crippen molar-refractivity contribution in [2.45, 2.75) is 37.8 Å². The fraction of sp³-hybridized carbons (Fsp3) is 0.588. The fourth-order valence-corrected chi connectivity index (χ4v) is 3.66. The van der Waals surface area contributed by atoms with Crippen LogP contribution in [0.25, 0.3) is 0 Å². The summed E-state index contributed by atoms with van der Waals surface area (Å²) < 4.78 is 17.0. The average molecular weight is 318 g/mol. The summed E-state index contributed by atoms with van der Waals surface area (Å²) in [6.45, 7) is 2.60. The third-order valence-corrected chi connectivity index (χ3v) is 4.75. The van der Waals surface area contributed by atoms with E-state index < -0.39 is 0 Å². The van der Waals surface area contributed by atoms with Crippen LogP contribution in [0.4, 0.5) is 10.5 Å². The lowest BCUT2D eigenvalue weighted by atomic mass is 10.2. The number of urea groups is 1. The SMILES string of the molecule is O=C(Nc1ccc2c(c1)OCCO2)N1CCCOC2CCCC21. The van der Waals surface area contributed by atoms with Crippen LogP contribution in [0.1, 0.15) is 25.7 Å². The van der Waals surface area contributed by atoms with E-state index in [2.05, 4.69) is 5.32 Å². The van der Waals surface area contributed by atoms with E-state index in [0.29, 0.717) is 19.0 Å². The van der Waals surface area contributed by atoms with Crippen molar-refractivity contribution in [2.24, 2.45) is 0 Å². The van der Waals surface area contributed by atoms with Gasteiger partial charge in [0.05, 0.1) is 12.1 Å². The fourth-order valence-electron chi connectivity index (χ4n) is 3.66. The topological polar surface area (TPSA) is 60.0 Å². The smallest absolute Gasteiger partial charge is 0.322 e. The van der Waals surface area contributed by atoms with E-state index in [0.717, 1.165) is 50.3 Å². The van der Waals surface area contributed by atoms with Gasteiger partial charge in [0.1, 0.15) is 13.2 Å². The number of fused-ring (bicyclic) bond motifs is 2. The Morgan fingerprint density at radius 3 is 2.87 bits per heavy atom. The summed E-state index contributed by atoms with van der Waals surface area (Å²) >= 11 is 0. The molecule has 0 aromatic heterocycles. The number of carbonyl (C=O) groups is 1. The second-order valence-electron chi connectivity index (χ2n) is 6.24. The van der Waals surface area contributed by atoms with Gasteiger partial charge in [0.2, 0.25) is 0 Å². The molecule has 0 radical (unpaired) electrons. The quantitative estimate of drug-likeness (QED) is 0.865. The molecule has 2 amide bonds. The van der Waals surface area contributed by atoms with Gasteiger partial charge in [-0.2, -0.15) is 0 Å². The monoisotopic (exact) mass is 318 g/mol. The number of nitrogens with zero attached hydrogens (tertiary/aromatic N) is 1. The zero-order valence-corrected chi connectivity index (χ0v) is 13.1. The standard InChI is InChI=1S/C17H22N2O4/c20-17(19-7-2-8-21-14-4-1-3-13(14)19)18-12-5-6-15-16(11-12)23-10-9-22-15/h5-6,11,13-14H,1-4,7-10H2,(H,18,20). The van der Waals surface area contributed by atoms with Gasteiger partial charge in [0.25, 0.3) is 0 Å². The lowest BCUT2D eigenvalue weighted by Crippen LogP contribution is -2.45. The predicted molar refractivity (Wildman–Crippen MR) is 85.2 cm³/mol. The van der Waals surface area contributed by atoms with Crippen molar-refractivity contribution in [3.63, 3.8) is 0 Å². The van der Waals surface area contributed by atoms with Crippen LogP contribution < -0.4 is 14.8 Å². The Hall–Kier alpha value is -1.95. The van der Waals surface area contributed by atoms with Crippen LogP contribution in [0, 0.1) is 0 Å². The number of amides is 2. The third-order valence-electron chi connectivity index (χ3n) is 4.75. The van der Waals surface area contributed by atoms with Gasteiger partial charge in [0, 0.05) is 24.9 Å². The predicted octanol–water partition coefficient (Wildman–Crippen LogP) is 2.63. The molecule has 1 saturated carbocycles. The second-order valence-corrected chi connectivity index (χ2v) is 6.24. The van der Waals surface area contributed by atoms with Crippen LogP contribution in [0.15, 0.2) is 18.2 Å². The molecule has 4 rings (SSSR count). The largest absolute Gasteiger partial charge is 0.486 e. The number of nitrogens with one attached hydrogen (secondary N) is 1. The lowest BCUT2D eigenvalue weighted by Gasteiger charge is -2.30. The van der Waals surface area contributed by atoms with Gasteiger partial charge in [-0.05, 0) is 37.8 Å². The minimum absolute atomic E-state index is 0.0518. The Morgan fingerprint density at radius 1 is 1.09 bits per heavy atom. The molecule has 6 heteroatoms. The van der Waals surface area contributed by atoms with Crippen LogP contribution in [-0.4, -0.2) is 49.4 Å². The molecular weight excluding hydrogens is 296 g/mol. The number of ether oxygens (including phenoxy) is 3. The van der Waals surface area contributed by atoms with E-state index >= 15 is 0 Å². The van der Waals surface area contributed by atoms with Crippen molar-refractivity contribution in [2.75, 3.05) is 31.7 Å². The Labute approximate surface area is 135 Å². The molecule has 0 spiro atoms. The maximum atomic E-state index is 12.7. The second kappa shape index (κ2) is 6.28. The highest BCUT2D eigenvalue weighted by atomic mass is 16.6. The zero-order chi connectivity index (χ0) is 15.6. The van der Waals surface area contributed by atoms with Crippen molar-refractivity contribution in [3.05, 3.63) is 18.2 Å². The minimum Gasteiger partial charge on any atom is -0.486 e. The minimum atomic E-state index is -0.0518. The zero-order valence-electron chi connectivity index (χ0n) is 13.1. The summed E-state index contributed by atoms with van der Waals surface area (Å²) in [6.07, 6.45) is 4.30. The molecule has 1 aliphatic carbocycles. The molecule has 2 atom stereocenters. The molecule has 2 fully saturated rings. The van der Waals surface area contributed by atoms with Gasteiger partial charge < -0.3 is 24.4 Å². The van der Waals surface area contributed by atoms with E-state index in [1.807, 2.05) is 23.1 Å². The number of rotatable bonds is 1. The Morgan fingerprint density at radius 2 is 1.96 bits per heavy atom. The van der Waals surface area contributed by atoms with Crippen LogP contribution in [0.3, 0.4) is 0 Å². The third kappa shape index (κ3) is 2.95. The Balaban J connectivity index is 1.48. The first-order valence-electron chi connectivity index (χ1n) is 8.40. The normalized spacial score (nSPS) is 26.3. The molecule has 3 aliphatic rings. The van der Waals surface area contributed by atoms with Gasteiger partial charge in [-0.1, -0.05) is 0 Å². The number of hydrogen-bond donors (Lipinski definition) is 1. The van der Waals surface area contributed by atoms with E-state index in [9.17, 15) is 4.79 Å². The molecule has 1 saturated heterocycles. The summed E-state index contributed by atoms with van der Waals surface area (Å²) in [5.41, 5.74) is 0.735. The van der Waals surface area contributed by atoms with Crippen molar-refractivity contribution in [1.29, 1.82) is 0 Å². The molecule has 6 nitrogen and oxygen atoms in total. The summed E-state index contributed by atoms with van der Waals surface area (Å²) in [6, 6.07) is 5.67. The molecule has 0 bridgehead atoms. The Bertz CT molecular complexity index is 592. The molecular formula is C17H22N2O4. The number of benzene rings is 1. The van der Waals surface area contributed by atoms with E-state index in [1.54, 1.807) is 0 Å². The van der Waals surface area contributed by atoms with Crippen LogP contribution in [0.2, 0.25) is 0 Å². The maximum Gasteiger partial charge on any atom is 0.322 e. The number of anilines is 1. The highest BCUT2D eigenvalue weighted by Crippen LogP contribution is 2.33. The number of hydrogen-bond acceptors (Lipinski definition) is 4.